The van der Waals surface area contributed by atoms with Crippen LogP contribution in [0.1, 0.15) is 129 Å². The number of ether oxygens (including phenoxy) is 1. The Bertz CT molecular complexity index is 232. The van der Waals surface area contributed by atoms with E-state index in [9.17, 15) is 0 Å². The molecule has 1 heterocycles. The fourth-order valence-electron chi connectivity index (χ4n) is 4.02. The van der Waals surface area contributed by atoms with Crippen molar-refractivity contribution >= 4 is 0 Å². The lowest BCUT2D eigenvalue weighted by atomic mass is 9.93. The fraction of sp³-hybridized carbons (Fsp3) is 1.00. The topological polar surface area (TPSA) is 9.23 Å². The zero-order valence-electron chi connectivity index (χ0n) is 16.8. The molecule has 0 atom stereocenters. The van der Waals surface area contributed by atoms with Gasteiger partial charge in [-0.05, 0) is 18.8 Å². The summed E-state index contributed by atoms with van der Waals surface area (Å²) in [7, 11) is 0. The first-order chi connectivity index (χ1) is 11.9. The second-order valence-corrected chi connectivity index (χ2v) is 8.15. The van der Waals surface area contributed by atoms with Gasteiger partial charge in [0.1, 0.15) is 0 Å². The summed E-state index contributed by atoms with van der Waals surface area (Å²) in [5.41, 5.74) is 0. The lowest BCUT2D eigenvalue weighted by Crippen LogP contribution is -2.15. The largest absolute Gasteiger partial charge is 0.381 e. The third kappa shape index (κ3) is 14.3. The molecule has 1 saturated heterocycles. The summed E-state index contributed by atoms with van der Waals surface area (Å²) in [5, 5.41) is 0. The molecule has 1 nitrogen and oxygen atoms in total. The Morgan fingerprint density at radius 3 is 1.33 bits per heavy atom. The van der Waals surface area contributed by atoms with E-state index in [4.69, 9.17) is 4.74 Å². The third-order valence-corrected chi connectivity index (χ3v) is 5.81. The molecule has 0 spiro atoms. The van der Waals surface area contributed by atoms with Crippen LogP contribution in [0.4, 0.5) is 0 Å². The molecule has 24 heavy (non-hydrogen) atoms. The predicted molar refractivity (Wildman–Crippen MR) is 108 cm³/mol. The Labute approximate surface area is 153 Å². The van der Waals surface area contributed by atoms with Gasteiger partial charge in [0.15, 0.2) is 0 Å². The van der Waals surface area contributed by atoms with Crippen molar-refractivity contribution in [2.45, 2.75) is 129 Å². The molecule has 0 unspecified atom stereocenters. The van der Waals surface area contributed by atoms with E-state index < -0.39 is 0 Å². The van der Waals surface area contributed by atoms with Crippen LogP contribution in [0, 0.1) is 5.92 Å². The second-order valence-electron chi connectivity index (χ2n) is 8.15. The summed E-state index contributed by atoms with van der Waals surface area (Å²) in [6, 6.07) is 0. The minimum Gasteiger partial charge on any atom is -0.381 e. The molecular weight excluding hydrogens is 292 g/mol. The molecule has 0 aromatic carbocycles. The highest BCUT2D eigenvalue weighted by atomic mass is 16.5. The van der Waals surface area contributed by atoms with Crippen molar-refractivity contribution in [3.05, 3.63) is 0 Å². The van der Waals surface area contributed by atoms with E-state index in [1.54, 1.807) is 0 Å². The van der Waals surface area contributed by atoms with Gasteiger partial charge in [-0.15, -0.1) is 0 Å². The summed E-state index contributed by atoms with van der Waals surface area (Å²) >= 11 is 0. The van der Waals surface area contributed by atoms with Crippen molar-refractivity contribution in [3.8, 4) is 0 Å². The molecular formula is C23H46O. The normalized spacial score (nSPS) is 15.9. The molecule has 0 amide bonds. The van der Waals surface area contributed by atoms with E-state index in [2.05, 4.69) is 6.92 Å². The van der Waals surface area contributed by atoms with Gasteiger partial charge in [0, 0.05) is 13.2 Å². The lowest BCUT2D eigenvalue weighted by Gasteiger charge is -2.21. The van der Waals surface area contributed by atoms with Crippen molar-refractivity contribution in [2.24, 2.45) is 5.92 Å². The van der Waals surface area contributed by atoms with E-state index in [0.717, 1.165) is 19.1 Å². The first-order valence-electron chi connectivity index (χ1n) is 11.5. The van der Waals surface area contributed by atoms with E-state index in [1.165, 1.54) is 122 Å². The Morgan fingerprint density at radius 1 is 0.542 bits per heavy atom. The van der Waals surface area contributed by atoms with Crippen molar-refractivity contribution in [2.75, 3.05) is 13.2 Å². The molecule has 0 aliphatic carbocycles. The summed E-state index contributed by atoms with van der Waals surface area (Å²) in [6.45, 7) is 4.33. The minimum atomic E-state index is 0.977. The minimum absolute atomic E-state index is 0.977. The van der Waals surface area contributed by atoms with Crippen molar-refractivity contribution < 1.29 is 4.74 Å². The molecule has 0 aromatic heterocycles. The van der Waals surface area contributed by atoms with Crippen LogP contribution in [0.2, 0.25) is 0 Å². The third-order valence-electron chi connectivity index (χ3n) is 5.81. The molecule has 144 valence electrons. The zero-order valence-corrected chi connectivity index (χ0v) is 16.8. The summed E-state index contributed by atoms with van der Waals surface area (Å²) in [5.74, 6) is 0.977. The van der Waals surface area contributed by atoms with Crippen LogP contribution >= 0.6 is 0 Å². The Balaban J connectivity index is 1.66. The molecule has 1 rings (SSSR count). The highest BCUT2D eigenvalue weighted by molar-refractivity contribution is 4.63. The summed E-state index contributed by atoms with van der Waals surface area (Å²) in [6.07, 6.45) is 27.6. The van der Waals surface area contributed by atoms with Gasteiger partial charge in [-0.2, -0.15) is 0 Å². The average molecular weight is 339 g/mol. The van der Waals surface area contributed by atoms with Crippen LogP contribution in [0.25, 0.3) is 0 Å². The summed E-state index contributed by atoms with van der Waals surface area (Å²) in [4.78, 5) is 0. The maximum absolute atomic E-state index is 5.43. The van der Waals surface area contributed by atoms with Gasteiger partial charge >= 0.3 is 0 Å². The first kappa shape index (κ1) is 22.0. The molecule has 0 bridgehead atoms. The van der Waals surface area contributed by atoms with E-state index in [1.807, 2.05) is 0 Å². The molecule has 0 saturated carbocycles. The smallest absolute Gasteiger partial charge is 0.0468 e. The summed E-state index contributed by atoms with van der Waals surface area (Å²) < 4.78 is 5.43. The first-order valence-corrected chi connectivity index (χ1v) is 11.5. The van der Waals surface area contributed by atoms with Gasteiger partial charge < -0.3 is 4.74 Å². The number of hydrogen-bond donors (Lipinski definition) is 0. The number of hydrogen-bond acceptors (Lipinski definition) is 1. The quantitative estimate of drug-likeness (QED) is 0.244. The maximum atomic E-state index is 5.43. The van der Waals surface area contributed by atoms with Crippen LogP contribution in [-0.4, -0.2) is 13.2 Å². The van der Waals surface area contributed by atoms with Crippen LogP contribution in [-0.2, 0) is 4.74 Å². The predicted octanol–water partition coefficient (Wildman–Crippen LogP) is 8.06. The second kappa shape index (κ2) is 17.8. The zero-order chi connectivity index (χ0) is 17.1. The Morgan fingerprint density at radius 2 is 0.917 bits per heavy atom. The van der Waals surface area contributed by atoms with Crippen LogP contribution in [0.3, 0.4) is 0 Å². The van der Waals surface area contributed by atoms with Gasteiger partial charge in [-0.25, -0.2) is 0 Å². The van der Waals surface area contributed by atoms with Gasteiger partial charge in [-0.1, -0.05) is 116 Å². The van der Waals surface area contributed by atoms with Crippen LogP contribution < -0.4 is 0 Å². The van der Waals surface area contributed by atoms with Crippen molar-refractivity contribution in [1.29, 1.82) is 0 Å². The van der Waals surface area contributed by atoms with Gasteiger partial charge in [0.25, 0.3) is 0 Å². The molecule has 1 heteroatoms. The van der Waals surface area contributed by atoms with Gasteiger partial charge in [-0.3, -0.25) is 0 Å². The fourth-order valence-corrected chi connectivity index (χ4v) is 4.02. The highest BCUT2D eigenvalue weighted by Crippen LogP contribution is 2.22. The van der Waals surface area contributed by atoms with Crippen molar-refractivity contribution in [3.63, 3.8) is 0 Å². The molecule has 0 radical (unpaired) electrons. The highest BCUT2D eigenvalue weighted by Gasteiger charge is 2.12. The van der Waals surface area contributed by atoms with E-state index in [0.29, 0.717) is 0 Å². The van der Waals surface area contributed by atoms with Crippen molar-refractivity contribution in [1.82, 2.24) is 0 Å². The number of unbranched alkanes of at least 4 members (excludes halogenated alkanes) is 15. The molecule has 0 N–H and O–H groups in total. The van der Waals surface area contributed by atoms with Crippen LogP contribution in [0.5, 0.6) is 0 Å². The molecule has 1 aliphatic rings. The number of rotatable bonds is 17. The monoisotopic (exact) mass is 338 g/mol. The molecule has 1 aliphatic heterocycles. The average Bonchev–Trinajstić information content (AvgIpc) is 2.62. The van der Waals surface area contributed by atoms with E-state index >= 15 is 0 Å². The van der Waals surface area contributed by atoms with Gasteiger partial charge in [0.2, 0.25) is 0 Å². The Hall–Kier alpha value is -0.0400. The SMILES string of the molecule is CCCCCCCCCCCCCCCCCCC1CCOCC1. The standard InChI is InChI=1S/C23H46O/c1-2-3-4-5-6-7-8-9-10-11-12-13-14-15-16-17-18-23-19-21-24-22-20-23/h23H,2-22H2,1H3. The maximum Gasteiger partial charge on any atom is 0.0468 e. The molecule has 1 fully saturated rings. The molecule has 0 aromatic rings. The Kier molecular flexibility index (Phi) is 16.3. The van der Waals surface area contributed by atoms with Gasteiger partial charge in [0.05, 0.1) is 0 Å². The lowest BCUT2D eigenvalue weighted by molar-refractivity contribution is 0.0631. The van der Waals surface area contributed by atoms with E-state index in [-0.39, 0.29) is 0 Å². The van der Waals surface area contributed by atoms with Crippen LogP contribution in [0.15, 0.2) is 0 Å².